The van der Waals surface area contributed by atoms with Crippen molar-refractivity contribution in [2.45, 2.75) is 33.6 Å². The standard InChI is InChI=1S/C15H24N2O4/c1-15(2,3)14(21)17-8-6-16(7-9-17)12(18)10-4-5-11(10)13(19)20/h10-11H,4-9H2,1-3H3,(H,19,20). The van der Waals surface area contributed by atoms with Gasteiger partial charge in [-0.2, -0.15) is 0 Å². The van der Waals surface area contributed by atoms with Crippen molar-refractivity contribution in [3.05, 3.63) is 0 Å². The summed E-state index contributed by atoms with van der Waals surface area (Å²) in [6.45, 7) is 7.74. The number of hydrogen-bond donors (Lipinski definition) is 1. The van der Waals surface area contributed by atoms with Crippen LogP contribution in [0.1, 0.15) is 33.6 Å². The summed E-state index contributed by atoms with van der Waals surface area (Å²) in [6.07, 6.45) is 1.26. The molecule has 2 unspecified atom stereocenters. The van der Waals surface area contributed by atoms with Crippen LogP contribution in [0, 0.1) is 17.3 Å². The maximum absolute atomic E-state index is 12.3. The fraction of sp³-hybridized carbons (Fsp3) is 0.800. The number of piperazine rings is 1. The maximum atomic E-state index is 12.3. The van der Waals surface area contributed by atoms with Crippen LogP contribution in [0.3, 0.4) is 0 Å². The smallest absolute Gasteiger partial charge is 0.307 e. The van der Waals surface area contributed by atoms with Crippen LogP contribution < -0.4 is 0 Å². The average molecular weight is 296 g/mol. The molecule has 1 heterocycles. The predicted molar refractivity (Wildman–Crippen MR) is 76.5 cm³/mol. The minimum Gasteiger partial charge on any atom is -0.481 e. The highest BCUT2D eigenvalue weighted by molar-refractivity contribution is 5.87. The third-order valence-corrected chi connectivity index (χ3v) is 4.43. The highest BCUT2D eigenvalue weighted by Crippen LogP contribution is 2.36. The molecule has 0 bridgehead atoms. The fourth-order valence-electron chi connectivity index (χ4n) is 2.93. The number of rotatable bonds is 2. The lowest BCUT2D eigenvalue weighted by atomic mass is 9.73. The van der Waals surface area contributed by atoms with Gasteiger partial charge in [-0.15, -0.1) is 0 Å². The van der Waals surface area contributed by atoms with Gasteiger partial charge < -0.3 is 14.9 Å². The van der Waals surface area contributed by atoms with E-state index in [-0.39, 0.29) is 17.7 Å². The van der Waals surface area contributed by atoms with Gasteiger partial charge in [-0.1, -0.05) is 20.8 Å². The van der Waals surface area contributed by atoms with Gasteiger partial charge >= 0.3 is 5.97 Å². The monoisotopic (exact) mass is 296 g/mol. The molecule has 1 saturated carbocycles. The number of aliphatic carboxylic acids is 1. The van der Waals surface area contributed by atoms with Crippen LogP contribution in [-0.4, -0.2) is 58.9 Å². The SMILES string of the molecule is CC(C)(C)C(=O)N1CCN(C(=O)C2CCC2C(=O)O)CC1. The second-order valence-corrected chi connectivity index (χ2v) is 7.00. The summed E-state index contributed by atoms with van der Waals surface area (Å²) in [7, 11) is 0. The van der Waals surface area contributed by atoms with Gasteiger partial charge in [-0.05, 0) is 12.8 Å². The molecular formula is C15H24N2O4. The van der Waals surface area contributed by atoms with Gasteiger partial charge in [0.15, 0.2) is 0 Å². The lowest BCUT2D eigenvalue weighted by Gasteiger charge is -2.41. The first-order valence-corrected chi connectivity index (χ1v) is 7.53. The number of hydrogen-bond acceptors (Lipinski definition) is 3. The summed E-state index contributed by atoms with van der Waals surface area (Å²) in [5.74, 6) is -1.72. The summed E-state index contributed by atoms with van der Waals surface area (Å²) in [4.78, 5) is 39.0. The molecule has 2 rings (SSSR count). The van der Waals surface area contributed by atoms with E-state index in [0.717, 1.165) is 0 Å². The normalized spacial score (nSPS) is 26.2. The van der Waals surface area contributed by atoms with Crippen LogP contribution in [0.2, 0.25) is 0 Å². The number of nitrogens with zero attached hydrogens (tertiary/aromatic N) is 2. The Hall–Kier alpha value is -1.59. The largest absolute Gasteiger partial charge is 0.481 e. The number of carbonyl (C=O) groups excluding carboxylic acids is 2. The summed E-state index contributed by atoms with van der Waals surface area (Å²) in [6, 6.07) is 0. The molecule has 0 radical (unpaired) electrons. The molecule has 6 nitrogen and oxygen atoms in total. The third-order valence-electron chi connectivity index (χ3n) is 4.43. The van der Waals surface area contributed by atoms with E-state index < -0.39 is 17.3 Å². The van der Waals surface area contributed by atoms with Crippen LogP contribution in [0.15, 0.2) is 0 Å². The Kier molecular flexibility index (Phi) is 4.25. The molecule has 118 valence electrons. The predicted octanol–water partition coefficient (Wildman–Crippen LogP) is 0.814. The topological polar surface area (TPSA) is 77.9 Å². The molecular weight excluding hydrogens is 272 g/mol. The van der Waals surface area contributed by atoms with Crippen LogP contribution >= 0.6 is 0 Å². The van der Waals surface area contributed by atoms with E-state index in [1.165, 1.54) is 0 Å². The number of amides is 2. The number of carboxylic acid groups (broad SMARTS) is 1. The first-order valence-electron chi connectivity index (χ1n) is 7.53. The lowest BCUT2D eigenvalue weighted by molar-refractivity contribution is -0.158. The van der Waals surface area contributed by atoms with Crippen LogP contribution in [0.4, 0.5) is 0 Å². The molecule has 1 aliphatic heterocycles. The van der Waals surface area contributed by atoms with E-state index in [9.17, 15) is 14.4 Å². The van der Waals surface area contributed by atoms with Crippen molar-refractivity contribution in [3.63, 3.8) is 0 Å². The quantitative estimate of drug-likeness (QED) is 0.818. The Morgan fingerprint density at radius 2 is 1.38 bits per heavy atom. The van der Waals surface area contributed by atoms with Crippen LogP contribution in [0.5, 0.6) is 0 Å². The zero-order valence-electron chi connectivity index (χ0n) is 13.0. The highest BCUT2D eigenvalue weighted by Gasteiger charge is 2.43. The zero-order chi connectivity index (χ0) is 15.8. The molecule has 1 N–H and O–H groups in total. The average Bonchev–Trinajstić information content (AvgIpc) is 2.35. The van der Waals surface area contributed by atoms with E-state index in [4.69, 9.17) is 5.11 Å². The minimum atomic E-state index is -0.874. The Morgan fingerprint density at radius 3 is 1.76 bits per heavy atom. The molecule has 6 heteroatoms. The van der Waals surface area contributed by atoms with Gasteiger partial charge in [0.05, 0.1) is 11.8 Å². The summed E-state index contributed by atoms with van der Waals surface area (Å²) < 4.78 is 0. The Bertz CT molecular complexity index is 447. The van der Waals surface area contributed by atoms with E-state index >= 15 is 0 Å². The molecule has 2 aliphatic rings. The molecule has 1 aliphatic carbocycles. The van der Waals surface area contributed by atoms with Crippen molar-refractivity contribution in [1.29, 1.82) is 0 Å². The van der Waals surface area contributed by atoms with E-state index in [1.54, 1.807) is 9.80 Å². The van der Waals surface area contributed by atoms with Gasteiger partial charge in [0.1, 0.15) is 0 Å². The molecule has 2 atom stereocenters. The minimum absolute atomic E-state index is 0.0588. The van der Waals surface area contributed by atoms with Crippen molar-refractivity contribution in [2.24, 2.45) is 17.3 Å². The Balaban J connectivity index is 1.88. The van der Waals surface area contributed by atoms with E-state index in [1.807, 2.05) is 20.8 Å². The highest BCUT2D eigenvalue weighted by atomic mass is 16.4. The Labute approximate surface area is 125 Å². The molecule has 2 amide bonds. The van der Waals surface area contributed by atoms with Gasteiger partial charge in [-0.25, -0.2) is 0 Å². The molecule has 0 aromatic carbocycles. The molecule has 21 heavy (non-hydrogen) atoms. The van der Waals surface area contributed by atoms with Crippen LogP contribution in [0.25, 0.3) is 0 Å². The van der Waals surface area contributed by atoms with Crippen molar-refractivity contribution < 1.29 is 19.5 Å². The summed E-state index contributed by atoms with van der Waals surface area (Å²) in [5, 5.41) is 9.03. The van der Waals surface area contributed by atoms with Gasteiger partial charge in [-0.3, -0.25) is 14.4 Å². The molecule has 1 saturated heterocycles. The summed E-state index contributed by atoms with van der Waals surface area (Å²) in [5.41, 5.74) is -0.408. The zero-order valence-corrected chi connectivity index (χ0v) is 13.0. The number of carbonyl (C=O) groups is 3. The summed E-state index contributed by atoms with van der Waals surface area (Å²) >= 11 is 0. The Morgan fingerprint density at radius 1 is 0.905 bits per heavy atom. The second kappa shape index (κ2) is 5.66. The second-order valence-electron chi connectivity index (χ2n) is 7.00. The van der Waals surface area contributed by atoms with Gasteiger partial charge in [0, 0.05) is 31.6 Å². The van der Waals surface area contributed by atoms with Crippen molar-refractivity contribution in [3.8, 4) is 0 Å². The van der Waals surface area contributed by atoms with Gasteiger partial charge in [0.2, 0.25) is 11.8 Å². The maximum Gasteiger partial charge on any atom is 0.307 e. The molecule has 0 aromatic rings. The molecule has 0 aromatic heterocycles. The molecule has 0 spiro atoms. The van der Waals surface area contributed by atoms with Crippen LogP contribution in [-0.2, 0) is 14.4 Å². The van der Waals surface area contributed by atoms with Gasteiger partial charge in [0.25, 0.3) is 0 Å². The third kappa shape index (κ3) is 3.19. The lowest BCUT2D eigenvalue weighted by Crippen LogP contribution is -2.56. The van der Waals surface area contributed by atoms with Crippen molar-refractivity contribution in [1.82, 2.24) is 9.80 Å². The van der Waals surface area contributed by atoms with Crippen molar-refractivity contribution >= 4 is 17.8 Å². The first kappa shape index (κ1) is 15.8. The van der Waals surface area contributed by atoms with E-state index in [2.05, 4.69) is 0 Å². The number of carboxylic acids is 1. The van der Waals surface area contributed by atoms with Crippen molar-refractivity contribution in [2.75, 3.05) is 26.2 Å². The van der Waals surface area contributed by atoms with E-state index in [0.29, 0.717) is 39.0 Å². The fourth-order valence-corrected chi connectivity index (χ4v) is 2.93. The first-order chi connectivity index (χ1) is 9.71. The molecule has 2 fully saturated rings.